The summed E-state index contributed by atoms with van der Waals surface area (Å²) >= 11 is 0. The van der Waals surface area contributed by atoms with Crippen LogP contribution < -0.4 is 15.5 Å². The molecule has 11 heteroatoms. The Kier molecular flexibility index (Phi) is 7.43. The molecule has 1 saturated heterocycles. The van der Waals surface area contributed by atoms with Gasteiger partial charge in [0.25, 0.3) is 0 Å². The highest BCUT2D eigenvalue weighted by Crippen LogP contribution is 2.37. The van der Waals surface area contributed by atoms with E-state index >= 15 is 0 Å². The second-order valence-corrected chi connectivity index (χ2v) is 9.97. The number of rotatable bonds is 7. The molecule has 0 saturated carbocycles. The number of quaternary nitrogens is 1. The molecular formula is C27H33N2O9+. The molecule has 7 N–H and O–H groups in total. The molecule has 0 amide bonds. The molecule has 204 valence electrons. The number of carboxylic acid groups (broad SMARTS) is 1. The van der Waals surface area contributed by atoms with E-state index in [1.807, 2.05) is 31.3 Å². The van der Waals surface area contributed by atoms with Gasteiger partial charge < -0.3 is 49.6 Å². The number of nitrogens with one attached hydrogen (secondary N) is 2. The van der Waals surface area contributed by atoms with Gasteiger partial charge in [-0.15, -0.1) is 6.58 Å². The fraction of sp³-hybridized carbons (Fsp3) is 0.444. The monoisotopic (exact) mass is 529 g/mol. The predicted octanol–water partition coefficient (Wildman–Crippen LogP) is -2.47. The number of hydrogen-bond acceptors (Lipinski definition) is 8. The average molecular weight is 530 g/mol. The second kappa shape index (κ2) is 10.6. The third kappa shape index (κ3) is 4.56. The van der Waals surface area contributed by atoms with Crippen LogP contribution in [0.1, 0.15) is 6.42 Å². The molecule has 0 bridgehead atoms. The van der Waals surface area contributed by atoms with Crippen LogP contribution in [0.15, 0.2) is 48.8 Å². The first-order valence-electron chi connectivity index (χ1n) is 12.5. The molecule has 0 aliphatic carbocycles. The summed E-state index contributed by atoms with van der Waals surface area (Å²) in [5.74, 6) is -2.40. The van der Waals surface area contributed by atoms with Gasteiger partial charge in [-0.05, 0) is 12.1 Å². The summed E-state index contributed by atoms with van der Waals surface area (Å²) in [6.45, 7) is 4.02. The predicted molar refractivity (Wildman–Crippen MR) is 134 cm³/mol. The van der Waals surface area contributed by atoms with Gasteiger partial charge in [-0.2, -0.15) is 0 Å². The minimum absolute atomic E-state index is 0.0519. The molecule has 1 aromatic heterocycles. The maximum atomic E-state index is 12.2. The molecule has 0 radical (unpaired) electrons. The smallest absolute Gasteiger partial charge is 0.335 e. The van der Waals surface area contributed by atoms with E-state index in [2.05, 4.69) is 17.6 Å². The first-order chi connectivity index (χ1) is 18.2. The van der Waals surface area contributed by atoms with E-state index in [1.165, 1.54) is 0 Å². The Balaban J connectivity index is 1.50. The zero-order valence-corrected chi connectivity index (χ0v) is 20.9. The highest BCUT2D eigenvalue weighted by Gasteiger charge is 2.48. The van der Waals surface area contributed by atoms with Gasteiger partial charge in [0, 0.05) is 34.4 Å². The largest absolute Gasteiger partial charge is 0.478 e. The summed E-state index contributed by atoms with van der Waals surface area (Å²) in [7, 11) is 2.02. The highest BCUT2D eigenvalue weighted by molar-refractivity contribution is 5.87. The van der Waals surface area contributed by atoms with E-state index in [-0.39, 0.29) is 5.57 Å². The van der Waals surface area contributed by atoms with E-state index in [1.54, 1.807) is 6.08 Å². The maximum Gasteiger partial charge on any atom is 0.335 e. The molecule has 4 heterocycles. The Morgan fingerprint density at radius 1 is 1.21 bits per heavy atom. The molecule has 9 atom stereocenters. The number of fused-ring (bicyclic) bond motifs is 3. The van der Waals surface area contributed by atoms with Crippen LogP contribution in [0.3, 0.4) is 0 Å². The lowest BCUT2D eigenvalue weighted by Gasteiger charge is -2.43. The van der Waals surface area contributed by atoms with Crippen molar-refractivity contribution in [3.63, 3.8) is 0 Å². The zero-order valence-electron chi connectivity index (χ0n) is 20.9. The Morgan fingerprint density at radius 2 is 1.97 bits per heavy atom. The fourth-order valence-corrected chi connectivity index (χ4v) is 5.58. The van der Waals surface area contributed by atoms with E-state index in [0.717, 1.165) is 44.9 Å². The Bertz CT molecular complexity index is 1370. The van der Waals surface area contributed by atoms with Crippen molar-refractivity contribution >= 4 is 28.6 Å². The van der Waals surface area contributed by atoms with E-state index < -0.39 is 61.4 Å². The number of hydrogen-bond donors (Lipinski definition) is 7. The minimum atomic E-state index is -1.63. The number of ether oxygens (including phenoxy) is 3. The number of para-hydroxylation sites is 1. The number of aliphatic carboxylic acids is 1. The van der Waals surface area contributed by atoms with Crippen LogP contribution >= 0.6 is 0 Å². The van der Waals surface area contributed by atoms with Crippen LogP contribution in [0.5, 0.6) is 0 Å². The summed E-state index contributed by atoms with van der Waals surface area (Å²) < 4.78 is 17.0. The van der Waals surface area contributed by atoms with Crippen molar-refractivity contribution in [2.45, 2.75) is 43.4 Å². The number of aliphatic hydroxyl groups is 4. The Labute approximate surface area is 218 Å². The van der Waals surface area contributed by atoms with Gasteiger partial charge in [0.05, 0.1) is 25.5 Å². The molecule has 1 fully saturated rings. The van der Waals surface area contributed by atoms with Crippen LogP contribution in [0.25, 0.3) is 22.7 Å². The number of aromatic nitrogens is 1. The highest BCUT2D eigenvalue weighted by atomic mass is 16.8. The van der Waals surface area contributed by atoms with Gasteiger partial charge >= 0.3 is 5.97 Å². The van der Waals surface area contributed by atoms with Crippen molar-refractivity contribution in [1.82, 2.24) is 4.98 Å². The fourth-order valence-electron chi connectivity index (χ4n) is 5.58. The standard InChI is InChI=1S/C27H32N2O9/c1-3-13-16(10-19-21-15(8-9-29(19)2)14-6-4-5-7-18(14)28-21)17(25(34)35)12-36-26(13)38-27-24(33)23(32)22(31)20(11-30)37-27/h3-8,12-13,16,20,22-24,26-28,30-33H,1,9-11H2,2H3,(H,34,35)/p+1. The van der Waals surface area contributed by atoms with Crippen LogP contribution in [-0.2, 0) is 19.0 Å². The summed E-state index contributed by atoms with van der Waals surface area (Å²) in [4.78, 5) is 16.8. The molecule has 9 unspecified atom stereocenters. The molecule has 11 nitrogen and oxygen atoms in total. The molecule has 5 rings (SSSR count). The number of aliphatic hydroxyl groups excluding tert-OH is 4. The molecule has 38 heavy (non-hydrogen) atoms. The molecule has 3 aliphatic heterocycles. The lowest BCUT2D eigenvalue weighted by Crippen LogP contribution is -3.08. The van der Waals surface area contributed by atoms with Crippen molar-refractivity contribution < 1.29 is 49.4 Å². The lowest BCUT2D eigenvalue weighted by atomic mass is 9.80. The van der Waals surface area contributed by atoms with Crippen molar-refractivity contribution in [3.05, 3.63) is 59.3 Å². The van der Waals surface area contributed by atoms with Crippen LogP contribution in [-0.4, -0.2) is 93.7 Å². The number of H-pyrrole nitrogens is 1. The van der Waals surface area contributed by atoms with E-state index in [9.17, 15) is 30.3 Å². The molecular weight excluding hydrogens is 496 g/mol. The number of benzene rings is 1. The summed E-state index contributed by atoms with van der Waals surface area (Å²) in [6.07, 6.45) is -3.28. The SMILES string of the molecule is C=CC1C(OC2OC(CO)C(O)C(O)C2O)OC=C(C(=O)O)C1CC1=c2[nH]c3ccccc3c2=CC[NH+]1C. The summed E-state index contributed by atoms with van der Waals surface area (Å²) in [6, 6.07) is 7.99. The van der Waals surface area contributed by atoms with Gasteiger partial charge in [-0.25, -0.2) is 4.79 Å². The third-order valence-corrected chi connectivity index (χ3v) is 7.74. The maximum absolute atomic E-state index is 12.2. The van der Waals surface area contributed by atoms with Crippen molar-refractivity contribution in [1.29, 1.82) is 0 Å². The first kappa shape index (κ1) is 26.6. The normalized spacial score (nSPS) is 35.1. The van der Waals surface area contributed by atoms with Gasteiger partial charge in [0.15, 0.2) is 6.29 Å². The average Bonchev–Trinajstić information content (AvgIpc) is 3.29. The summed E-state index contributed by atoms with van der Waals surface area (Å²) in [5.41, 5.74) is 2.04. The molecule has 3 aliphatic rings. The second-order valence-electron chi connectivity index (χ2n) is 9.97. The van der Waals surface area contributed by atoms with Gasteiger partial charge in [-0.1, -0.05) is 24.3 Å². The van der Waals surface area contributed by atoms with Crippen molar-refractivity contribution in [2.24, 2.45) is 11.8 Å². The van der Waals surface area contributed by atoms with Crippen molar-refractivity contribution in [3.8, 4) is 0 Å². The number of carbonyl (C=O) groups is 1. The topological polar surface area (TPSA) is 166 Å². The van der Waals surface area contributed by atoms with Crippen LogP contribution in [0, 0.1) is 11.8 Å². The van der Waals surface area contributed by atoms with Crippen molar-refractivity contribution in [2.75, 3.05) is 20.2 Å². The van der Waals surface area contributed by atoms with Crippen LogP contribution in [0.2, 0.25) is 0 Å². The minimum Gasteiger partial charge on any atom is -0.478 e. The molecule has 2 aromatic rings. The Hall–Kier alpha value is -3.03. The Morgan fingerprint density at radius 3 is 2.68 bits per heavy atom. The lowest BCUT2D eigenvalue weighted by molar-refractivity contribution is -0.797. The van der Waals surface area contributed by atoms with E-state index in [0.29, 0.717) is 6.42 Å². The van der Waals surface area contributed by atoms with Gasteiger partial charge in [0.2, 0.25) is 6.29 Å². The molecule has 0 spiro atoms. The number of carboxylic acids is 1. The third-order valence-electron chi connectivity index (χ3n) is 7.74. The first-order valence-corrected chi connectivity index (χ1v) is 12.5. The van der Waals surface area contributed by atoms with E-state index in [4.69, 9.17) is 14.2 Å². The number of aromatic amines is 1. The zero-order chi connectivity index (χ0) is 27.1. The van der Waals surface area contributed by atoms with Crippen LogP contribution in [0.4, 0.5) is 0 Å². The molecule has 1 aromatic carbocycles. The van der Waals surface area contributed by atoms with Gasteiger partial charge in [0.1, 0.15) is 42.0 Å². The quantitative estimate of drug-likeness (QED) is 0.193. The summed E-state index contributed by atoms with van der Waals surface area (Å²) in [5, 5.41) is 53.3. The van der Waals surface area contributed by atoms with Gasteiger partial charge in [-0.3, -0.25) is 0 Å².